The summed E-state index contributed by atoms with van der Waals surface area (Å²) in [6, 6.07) is 0. The highest BCUT2D eigenvalue weighted by Gasteiger charge is 2.63. The number of carbonyl (C=O) groups excluding carboxylic acids is 2. The van der Waals surface area contributed by atoms with Gasteiger partial charge in [0.15, 0.2) is 0 Å². The molecule has 0 aromatic heterocycles. The van der Waals surface area contributed by atoms with Crippen LogP contribution in [-0.2, 0) is 14.3 Å². The second kappa shape index (κ2) is 3.37. The second-order valence-electron chi connectivity index (χ2n) is 7.73. The quantitative estimate of drug-likeness (QED) is 0.559. The number of carbonyl (C=O) groups is 2. The third-order valence-electron chi connectivity index (χ3n) is 5.48. The van der Waals surface area contributed by atoms with Crippen LogP contribution in [0.2, 0.25) is 0 Å². The van der Waals surface area contributed by atoms with Gasteiger partial charge < -0.3 is 4.74 Å². The standard InChI is InChI=1S/C15H22O3/c1-13-4-10-5-14(2,7-13)9-15(6-10,8-13)11(16)12(17)18-3/h10H,4-9H2,1-3H3/t10?,13-,14+,15?. The van der Waals surface area contributed by atoms with E-state index in [2.05, 4.69) is 18.6 Å². The highest BCUT2D eigenvalue weighted by molar-refractivity contribution is 6.35. The van der Waals surface area contributed by atoms with Crippen LogP contribution in [0.4, 0.5) is 0 Å². The molecule has 0 spiro atoms. The highest BCUT2D eigenvalue weighted by Crippen LogP contribution is 2.69. The summed E-state index contributed by atoms with van der Waals surface area (Å²) in [6.45, 7) is 4.60. The molecule has 0 heterocycles. The molecule has 3 nitrogen and oxygen atoms in total. The van der Waals surface area contributed by atoms with Crippen molar-refractivity contribution >= 4 is 11.8 Å². The molecular weight excluding hydrogens is 228 g/mol. The average Bonchev–Trinajstić information content (AvgIpc) is 2.22. The van der Waals surface area contributed by atoms with E-state index in [4.69, 9.17) is 0 Å². The number of esters is 1. The Morgan fingerprint density at radius 2 is 1.56 bits per heavy atom. The first-order valence-corrected chi connectivity index (χ1v) is 6.93. The fourth-order valence-electron chi connectivity index (χ4n) is 6.01. The molecule has 0 aromatic carbocycles. The Morgan fingerprint density at radius 3 is 2.00 bits per heavy atom. The van der Waals surface area contributed by atoms with Gasteiger partial charge in [-0.25, -0.2) is 4.79 Å². The molecule has 0 N–H and O–H groups in total. The Morgan fingerprint density at radius 1 is 1.00 bits per heavy atom. The van der Waals surface area contributed by atoms with Gasteiger partial charge in [-0.05, 0) is 55.3 Å². The van der Waals surface area contributed by atoms with Crippen LogP contribution in [0.15, 0.2) is 0 Å². The topological polar surface area (TPSA) is 43.4 Å². The van der Waals surface area contributed by atoms with Gasteiger partial charge in [-0.3, -0.25) is 4.79 Å². The molecule has 0 radical (unpaired) electrons. The Balaban J connectivity index is 1.98. The van der Waals surface area contributed by atoms with E-state index >= 15 is 0 Å². The third-order valence-corrected chi connectivity index (χ3v) is 5.48. The van der Waals surface area contributed by atoms with Gasteiger partial charge in [0.25, 0.3) is 0 Å². The number of ether oxygens (including phenoxy) is 1. The first kappa shape index (κ1) is 12.2. The zero-order chi connectivity index (χ0) is 13.2. The van der Waals surface area contributed by atoms with Crippen LogP contribution in [-0.4, -0.2) is 18.9 Å². The van der Waals surface area contributed by atoms with E-state index in [-0.39, 0.29) is 16.6 Å². The van der Waals surface area contributed by atoms with E-state index in [0.717, 1.165) is 19.3 Å². The van der Waals surface area contributed by atoms with Crippen LogP contribution in [0.25, 0.3) is 0 Å². The molecule has 18 heavy (non-hydrogen) atoms. The minimum absolute atomic E-state index is 0.258. The lowest BCUT2D eigenvalue weighted by Gasteiger charge is -2.64. The molecule has 0 saturated heterocycles. The van der Waals surface area contributed by atoms with Gasteiger partial charge in [0.2, 0.25) is 5.78 Å². The lowest BCUT2D eigenvalue weighted by Crippen LogP contribution is -2.58. The molecule has 4 atom stereocenters. The van der Waals surface area contributed by atoms with Crippen molar-refractivity contribution in [2.24, 2.45) is 22.2 Å². The summed E-state index contributed by atoms with van der Waals surface area (Å²) in [6.07, 6.45) is 6.37. The monoisotopic (exact) mass is 250 g/mol. The molecule has 4 aliphatic carbocycles. The van der Waals surface area contributed by atoms with Gasteiger partial charge in [0.1, 0.15) is 0 Å². The zero-order valence-corrected chi connectivity index (χ0v) is 11.5. The average molecular weight is 250 g/mol. The maximum Gasteiger partial charge on any atom is 0.374 e. The van der Waals surface area contributed by atoms with Crippen LogP contribution >= 0.6 is 0 Å². The van der Waals surface area contributed by atoms with E-state index in [1.165, 1.54) is 26.4 Å². The lowest BCUT2D eigenvalue weighted by atomic mass is 9.39. The van der Waals surface area contributed by atoms with Crippen molar-refractivity contribution in [2.75, 3.05) is 7.11 Å². The summed E-state index contributed by atoms with van der Waals surface area (Å²) in [7, 11) is 1.31. The van der Waals surface area contributed by atoms with Crippen LogP contribution in [0.5, 0.6) is 0 Å². The molecule has 100 valence electrons. The highest BCUT2D eigenvalue weighted by atomic mass is 16.5. The van der Waals surface area contributed by atoms with Gasteiger partial charge in [-0.1, -0.05) is 13.8 Å². The normalized spacial score (nSPS) is 49.2. The number of hydrogen-bond donors (Lipinski definition) is 0. The number of ketones is 1. The summed E-state index contributed by atoms with van der Waals surface area (Å²) < 4.78 is 4.68. The fraction of sp³-hybridized carbons (Fsp3) is 0.867. The van der Waals surface area contributed by atoms with Crippen LogP contribution < -0.4 is 0 Å². The summed E-state index contributed by atoms with van der Waals surface area (Å²) >= 11 is 0. The maximum absolute atomic E-state index is 12.4. The van der Waals surface area contributed by atoms with Gasteiger partial charge in [-0.15, -0.1) is 0 Å². The molecule has 0 aliphatic heterocycles. The Labute approximate surface area is 108 Å². The number of hydrogen-bond acceptors (Lipinski definition) is 3. The van der Waals surface area contributed by atoms with Crippen molar-refractivity contribution in [1.82, 2.24) is 0 Å². The fourth-order valence-corrected chi connectivity index (χ4v) is 6.01. The molecule has 0 amide bonds. The van der Waals surface area contributed by atoms with Crippen molar-refractivity contribution in [2.45, 2.75) is 52.4 Å². The summed E-state index contributed by atoms with van der Waals surface area (Å²) in [4.78, 5) is 24.1. The van der Waals surface area contributed by atoms with E-state index in [1.807, 2.05) is 0 Å². The third kappa shape index (κ3) is 1.55. The molecule has 4 rings (SSSR count). The maximum atomic E-state index is 12.4. The van der Waals surface area contributed by atoms with Crippen molar-refractivity contribution in [3.05, 3.63) is 0 Å². The van der Waals surface area contributed by atoms with Gasteiger partial charge in [-0.2, -0.15) is 0 Å². The summed E-state index contributed by atoms with van der Waals surface area (Å²) in [5, 5.41) is 0. The van der Waals surface area contributed by atoms with Crippen molar-refractivity contribution in [3.8, 4) is 0 Å². The number of Topliss-reactive ketones (excluding diaryl/α,β-unsaturated/α-hetero) is 1. The van der Waals surface area contributed by atoms with Crippen molar-refractivity contribution < 1.29 is 14.3 Å². The predicted molar refractivity (Wildman–Crippen MR) is 66.9 cm³/mol. The van der Waals surface area contributed by atoms with E-state index in [1.54, 1.807) is 0 Å². The minimum Gasteiger partial charge on any atom is -0.463 e. The van der Waals surface area contributed by atoms with Gasteiger partial charge >= 0.3 is 5.97 Å². The van der Waals surface area contributed by atoms with E-state index in [0.29, 0.717) is 5.92 Å². The molecule has 0 aromatic rings. The molecule has 4 saturated carbocycles. The van der Waals surface area contributed by atoms with Crippen LogP contribution in [0.3, 0.4) is 0 Å². The van der Waals surface area contributed by atoms with Crippen LogP contribution in [0, 0.1) is 22.2 Å². The van der Waals surface area contributed by atoms with E-state index in [9.17, 15) is 9.59 Å². The second-order valence-corrected chi connectivity index (χ2v) is 7.73. The molecule has 4 bridgehead atoms. The van der Waals surface area contributed by atoms with Crippen molar-refractivity contribution in [3.63, 3.8) is 0 Å². The first-order valence-electron chi connectivity index (χ1n) is 6.93. The van der Waals surface area contributed by atoms with Crippen molar-refractivity contribution in [1.29, 1.82) is 0 Å². The molecule has 4 fully saturated rings. The van der Waals surface area contributed by atoms with Gasteiger partial charge in [0.05, 0.1) is 7.11 Å². The van der Waals surface area contributed by atoms with E-state index < -0.39 is 11.4 Å². The predicted octanol–water partition coefficient (Wildman–Crippen LogP) is 2.73. The summed E-state index contributed by atoms with van der Waals surface area (Å²) in [5.74, 6) is -0.263. The minimum atomic E-state index is -0.635. The molecule has 2 unspecified atom stereocenters. The summed E-state index contributed by atoms with van der Waals surface area (Å²) in [5.41, 5.74) is 0.117. The molecule has 4 aliphatic rings. The molecular formula is C15H22O3. The lowest BCUT2D eigenvalue weighted by molar-refractivity contribution is -0.178. The Kier molecular flexibility index (Phi) is 2.28. The Hall–Kier alpha value is -0.860. The van der Waals surface area contributed by atoms with Crippen LogP contribution in [0.1, 0.15) is 52.4 Å². The number of rotatable bonds is 2. The first-order chi connectivity index (χ1) is 8.30. The zero-order valence-electron chi connectivity index (χ0n) is 11.5. The number of methoxy groups -OCH3 is 1. The van der Waals surface area contributed by atoms with Gasteiger partial charge in [0, 0.05) is 5.41 Å². The SMILES string of the molecule is COC(=O)C(=O)C12CC3C[C@@](C)(C1)C[C@](C)(C3)C2. The Bertz CT molecular complexity index is 407. The molecule has 3 heteroatoms. The smallest absolute Gasteiger partial charge is 0.374 e. The largest absolute Gasteiger partial charge is 0.463 e.